The number of rotatable bonds is 2. The molecule has 0 saturated heterocycles. The fourth-order valence-electron chi connectivity index (χ4n) is 1.49. The highest BCUT2D eigenvalue weighted by molar-refractivity contribution is 5.77. The largest absolute Gasteiger partial charge is 0.477 e. The monoisotopic (exact) mass is 220 g/mol. The Morgan fingerprint density at radius 1 is 1.33 bits per heavy atom. The predicted octanol–water partition coefficient (Wildman–Crippen LogP) is 1.81. The van der Waals surface area contributed by atoms with Crippen LogP contribution in [0.25, 0.3) is 0 Å². The third-order valence-corrected chi connectivity index (χ3v) is 2.77. The normalized spacial score (nSPS) is 30.2. The van der Waals surface area contributed by atoms with E-state index in [2.05, 4.69) is 0 Å². The number of carboxylic acids is 1. The molecule has 2 N–H and O–H groups in total. The van der Waals surface area contributed by atoms with Gasteiger partial charge in [-0.1, -0.05) is 19.9 Å². The summed E-state index contributed by atoms with van der Waals surface area (Å²) in [5.41, 5.74) is -2.84. The van der Waals surface area contributed by atoms with E-state index >= 15 is 0 Å². The van der Waals surface area contributed by atoms with E-state index < -0.39 is 17.5 Å². The van der Waals surface area contributed by atoms with Crippen molar-refractivity contribution in [3.63, 3.8) is 0 Å². The van der Waals surface area contributed by atoms with Gasteiger partial charge in [0.2, 0.25) is 0 Å². The zero-order chi connectivity index (χ0) is 11.9. The van der Waals surface area contributed by atoms with Gasteiger partial charge in [-0.25, -0.2) is 4.79 Å². The van der Waals surface area contributed by atoms with Crippen LogP contribution in [-0.2, 0) is 4.79 Å². The van der Waals surface area contributed by atoms with E-state index in [9.17, 15) is 18.7 Å². The lowest BCUT2D eigenvalue weighted by Gasteiger charge is -2.37. The summed E-state index contributed by atoms with van der Waals surface area (Å²) >= 11 is 0. The van der Waals surface area contributed by atoms with Crippen molar-refractivity contribution in [2.75, 3.05) is 0 Å². The highest BCUT2D eigenvalue weighted by Crippen LogP contribution is 2.42. The molecule has 0 radical (unpaired) electrons. The molecule has 0 aromatic heterocycles. The molecule has 0 aromatic carbocycles. The van der Waals surface area contributed by atoms with Gasteiger partial charge in [0, 0.05) is 0 Å². The molecule has 0 heterocycles. The van der Waals surface area contributed by atoms with Crippen molar-refractivity contribution >= 4 is 5.97 Å². The van der Waals surface area contributed by atoms with Crippen LogP contribution < -0.4 is 0 Å². The van der Waals surface area contributed by atoms with Gasteiger partial charge >= 0.3 is 11.9 Å². The summed E-state index contributed by atoms with van der Waals surface area (Å²) in [5.74, 6) is -6.44. The third-order valence-electron chi connectivity index (χ3n) is 2.77. The van der Waals surface area contributed by atoms with Crippen LogP contribution in [0.1, 0.15) is 26.7 Å². The number of aliphatic hydroxyl groups is 1. The lowest BCUT2D eigenvalue weighted by Crippen LogP contribution is -2.53. The van der Waals surface area contributed by atoms with Gasteiger partial charge in [-0.3, -0.25) is 0 Å². The van der Waals surface area contributed by atoms with Crippen molar-refractivity contribution in [2.24, 2.45) is 5.41 Å². The maximum atomic E-state index is 13.2. The molecule has 15 heavy (non-hydrogen) atoms. The predicted molar refractivity (Wildman–Crippen MR) is 49.7 cm³/mol. The smallest absolute Gasteiger partial charge is 0.378 e. The first kappa shape index (κ1) is 12.1. The summed E-state index contributed by atoms with van der Waals surface area (Å²) < 4.78 is 26.3. The molecule has 0 bridgehead atoms. The first-order valence-electron chi connectivity index (χ1n) is 4.65. The molecule has 0 aliphatic heterocycles. The van der Waals surface area contributed by atoms with Crippen molar-refractivity contribution in [2.45, 2.75) is 38.2 Å². The SMILES string of the molecule is CC1(C)C=CC(O)(C(F)(F)C(=O)O)CC1. The molecule has 0 saturated carbocycles. The number of carboxylic acid groups (broad SMARTS) is 1. The molecular formula is C10H14F2O3. The molecule has 0 fully saturated rings. The van der Waals surface area contributed by atoms with E-state index in [0.717, 1.165) is 6.08 Å². The highest BCUT2D eigenvalue weighted by Gasteiger charge is 2.58. The minimum absolute atomic E-state index is 0.254. The summed E-state index contributed by atoms with van der Waals surface area (Å²) in [6.45, 7) is 3.67. The third kappa shape index (κ3) is 2.02. The van der Waals surface area contributed by atoms with Crippen molar-refractivity contribution < 1.29 is 23.8 Å². The summed E-state index contributed by atoms with van der Waals surface area (Å²) in [4.78, 5) is 10.3. The van der Waals surface area contributed by atoms with Crippen LogP contribution in [-0.4, -0.2) is 27.7 Å². The van der Waals surface area contributed by atoms with Crippen molar-refractivity contribution in [1.82, 2.24) is 0 Å². The lowest BCUT2D eigenvalue weighted by molar-refractivity contribution is -0.200. The van der Waals surface area contributed by atoms with Crippen LogP contribution in [0, 0.1) is 5.41 Å². The minimum atomic E-state index is -4.14. The Labute approximate surface area is 86.4 Å². The van der Waals surface area contributed by atoms with Gasteiger partial charge in [-0.2, -0.15) is 8.78 Å². The van der Waals surface area contributed by atoms with Crippen molar-refractivity contribution in [3.8, 4) is 0 Å². The summed E-state index contributed by atoms with van der Waals surface area (Å²) in [7, 11) is 0. The lowest BCUT2D eigenvalue weighted by atomic mass is 9.74. The zero-order valence-corrected chi connectivity index (χ0v) is 8.63. The second kappa shape index (κ2) is 3.27. The van der Waals surface area contributed by atoms with Crippen LogP contribution in [0.2, 0.25) is 0 Å². The Hall–Kier alpha value is -0.970. The Morgan fingerprint density at radius 3 is 2.20 bits per heavy atom. The first-order chi connectivity index (χ1) is 6.61. The van der Waals surface area contributed by atoms with Gasteiger partial charge in [-0.05, 0) is 24.3 Å². The van der Waals surface area contributed by atoms with Gasteiger partial charge in [0.05, 0.1) is 0 Å². The van der Waals surface area contributed by atoms with Crippen LogP contribution >= 0.6 is 0 Å². The number of aliphatic carboxylic acids is 1. The molecule has 1 unspecified atom stereocenters. The van der Waals surface area contributed by atoms with E-state index in [-0.39, 0.29) is 11.8 Å². The highest BCUT2D eigenvalue weighted by atomic mass is 19.3. The molecule has 1 rings (SSSR count). The molecule has 1 aliphatic rings. The molecule has 1 atom stereocenters. The van der Waals surface area contributed by atoms with Crippen LogP contribution in [0.4, 0.5) is 8.78 Å². The van der Waals surface area contributed by atoms with E-state index in [1.807, 2.05) is 13.8 Å². The van der Waals surface area contributed by atoms with Gasteiger partial charge in [0.15, 0.2) is 5.60 Å². The summed E-state index contributed by atoms with van der Waals surface area (Å²) in [6.07, 6.45) is 2.41. The number of alkyl halides is 2. The quantitative estimate of drug-likeness (QED) is 0.698. The fraction of sp³-hybridized carbons (Fsp3) is 0.700. The number of allylic oxidation sites excluding steroid dienone is 1. The average molecular weight is 220 g/mol. The standard InChI is InChI=1S/C10H14F2O3/c1-8(2)3-5-9(15,6-4-8)10(11,12)7(13)14/h3,5,15H,4,6H2,1-2H3,(H,13,14). The molecule has 86 valence electrons. The molecule has 5 heteroatoms. The topological polar surface area (TPSA) is 57.5 Å². The number of hydrogen-bond acceptors (Lipinski definition) is 2. The van der Waals surface area contributed by atoms with Crippen LogP contribution in [0.3, 0.4) is 0 Å². The van der Waals surface area contributed by atoms with E-state index in [1.54, 1.807) is 0 Å². The van der Waals surface area contributed by atoms with Gasteiger partial charge in [-0.15, -0.1) is 0 Å². The van der Waals surface area contributed by atoms with Crippen molar-refractivity contribution in [1.29, 1.82) is 0 Å². The second-order valence-corrected chi connectivity index (χ2v) is 4.63. The summed E-state index contributed by atoms with van der Waals surface area (Å²) in [5, 5.41) is 17.9. The minimum Gasteiger partial charge on any atom is -0.477 e. The van der Waals surface area contributed by atoms with Crippen LogP contribution in [0.15, 0.2) is 12.2 Å². The Morgan fingerprint density at radius 2 is 1.87 bits per heavy atom. The molecule has 3 nitrogen and oxygen atoms in total. The molecular weight excluding hydrogens is 206 g/mol. The van der Waals surface area contributed by atoms with E-state index in [0.29, 0.717) is 6.42 Å². The fourth-order valence-corrected chi connectivity index (χ4v) is 1.49. The maximum absolute atomic E-state index is 13.2. The Balaban J connectivity index is 3.01. The average Bonchev–Trinajstić information content (AvgIpc) is 2.10. The second-order valence-electron chi connectivity index (χ2n) is 4.63. The number of hydrogen-bond donors (Lipinski definition) is 2. The van der Waals surface area contributed by atoms with Gasteiger partial charge in [0.1, 0.15) is 0 Å². The molecule has 0 spiro atoms. The first-order valence-corrected chi connectivity index (χ1v) is 4.65. The Bertz CT molecular complexity index is 310. The van der Waals surface area contributed by atoms with E-state index in [1.165, 1.54) is 6.08 Å². The van der Waals surface area contributed by atoms with Crippen LogP contribution in [0.5, 0.6) is 0 Å². The Kier molecular flexibility index (Phi) is 2.63. The molecule has 0 amide bonds. The molecule has 0 aromatic rings. The maximum Gasteiger partial charge on any atom is 0.378 e. The van der Waals surface area contributed by atoms with Crippen molar-refractivity contribution in [3.05, 3.63) is 12.2 Å². The van der Waals surface area contributed by atoms with Gasteiger partial charge < -0.3 is 10.2 Å². The van der Waals surface area contributed by atoms with Gasteiger partial charge in [0.25, 0.3) is 0 Å². The molecule has 1 aliphatic carbocycles. The zero-order valence-electron chi connectivity index (χ0n) is 8.63. The van der Waals surface area contributed by atoms with E-state index in [4.69, 9.17) is 5.11 Å². The number of halogens is 2. The summed E-state index contributed by atoms with van der Waals surface area (Å²) in [6, 6.07) is 0. The number of carbonyl (C=O) groups is 1.